The van der Waals surface area contributed by atoms with Crippen LogP contribution in [0.4, 0.5) is 0 Å². The minimum atomic E-state index is -0.162. The number of nitrogens with two attached hydrogens (primary N) is 1. The summed E-state index contributed by atoms with van der Waals surface area (Å²) in [5, 5.41) is 0. The van der Waals surface area contributed by atoms with Crippen LogP contribution < -0.4 is 5.73 Å². The van der Waals surface area contributed by atoms with E-state index in [1.807, 2.05) is 25.7 Å². The second-order valence-corrected chi connectivity index (χ2v) is 4.32. The van der Waals surface area contributed by atoms with Crippen LogP contribution in [0.5, 0.6) is 0 Å². The lowest BCUT2D eigenvalue weighted by atomic mass is 10.0. The first-order valence-electron chi connectivity index (χ1n) is 4.50. The number of hydrogen-bond acceptors (Lipinski definition) is 2. The van der Waals surface area contributed by atoms with E-state index >= 15 is 0 Å². The smallest absolute Gasteiger partial charge is 0.225 e. The molecule has 3 nitrogen and oxygen atoms in total. The molecule has 12 heavy (non-hydrogen) atoms. The van der Waals surface area contributed by atoms with E-state index in [2.05, 4.69) is 0 Å². The van der Waals surface area contributed by atoms with Gasteiger partial charge in [0.15, 0.2) is 0 Å². The van der Waals surface area contributed by atoms with E-state index in [1.54, 1.807) is 0 Å². The number of amides is 1. The minimum Gasteiger partial charge on any atom is -0.341 e. The first-order chi connectivity index (χ1) is 5.42. The van der Waals surface area contributed by atoms with E-state index in [4.69, 9.17) is 5.73 Å². The van der Waals surface area contributed by atoms with Gasteiger partial charge < -0.3 is 10.6 Å². The summed E-state index contributed by atoms with van der Waals surface area (Å²) in [6.45, 7) is 7.39. The Labute approximate surface area is 73.9 Å². The third kappa shape index (κ3) is 1.97. The molecule has 0 bridgehead atoms. The molecule has 1 heterocycles. The van der Waals surface area contributed by atoms with E-state index in [9.17, 15) is 4.79 Å². The highest BCUT2D eigenvalue weighted by Crippen LogP contribution is 2.19. The molecule has 0 aliphatic carbocycles. The Bertz CT molecular complexity index is 187. The number of rotatable bonds is 1. The fraction of sp³-hybridized carbons (Fsp3) is 0.889. The lowest BCUT2D eigenvalue weighted by Gasteiger charge is -2.21. The molecule has 1 aliphatic rings. The maximum absolute atomic E-state index is 11.5. The van der Waals surface area contributed by atoms with E-state index < -0.39 is 0 Å². The zero-order chi connectivity index (χ0) is 9.35. The molecule has 1 atom stereocenters. The Morgan fingerprint density at radius 2 is 2.17 bits per heavy atom. The van der Waals surface area contributed by atoms with Gasteiger partial charge in [0.05, 0.1) is 0 Å². The summed E-state index contributed by atoms with van der Waals surface area (Å²) in [5.41, 5.74) is 5.75. The van der Waals surface area contributed by atoms with Gasteiger partial charge in [0.1, 0.15) is 0 Å². The van der Waals surface area contributed by atoms with Gasteiger partial charge in [-0.25, -0.2) is 0 Å². The van der Waals surface area contributed by atoms with Gasteiger partial charge in [0, 0.05) is 24.5 Å². The first-order valence-corrected chi connectivity index (χ1v) is 4.50. The van der Waals surface area contributed by atoms with E-state index in [-0.39, 0.29) is 17.4 Å². The molecule has 1 saturated heterocycles. The molecule has 1 amide bonds. The fourth-order valence-electron chi connectivity index (χ4n) is 1.54. The van der Waals surface area contributed by atoms with Crippen LogP contribution in [-0.2, 0) is 4.79 Å². The normalized spacial score (nSPS) is 29.9. The SMILES string of the molecule is CC(C)C(=O)N1CCC(C)(N)C1. The maximum Gasteiger partial charge on any atom is 0.225 e. The third-order valence-corrected chi connectivity index (χ3v) is 2.31. The predicted molar refractivity (Wildman–Crippen MR) is 48.6 cm³/mol. The van der Waals surface area contributed by atoms with Crippen molar-refractivity contribution in [2.45, 2.75) is 32.7 Å². The molecule has 1 unspecified atom stereocenters. The highest BCUT2D eigenvalue weighted by atomic mass is 16.2. The van der Waals surface area contributed by atoms with Crippen LogP contribution in [-0.4, -0.2) is 29.4 Å². The molecule has 0 radical (unpaired) electrons. The van der Waals surface area contributed by atoms with Crippen LogP contribution in [0.15, 0.2) is 0 Å². The molecule has 0 aromatic rings. The number of carbonyl (C=O) groups excluding carboxylic acids is 1. The van der Waals surface area contributed by atoms with E-state index in [0.717, 1.165) is 13.0 Å². The first kappa shape index (κ1) is 9.52. The molecule has 1 fully saturated rings. The quantitative estimate of drug-likeness (QED) is 0.626. The van der Waals surface area contributed by atoms with Crippen molar-refractivity contribution in [1.29, 1.82) is 0 Å². The summed E-state index contributed by atoms with van der Waals surface area (Å²) in [6, 6.07) is 0. The molecule has 2 N–H and O–H groups in total. The molecular formula is C9H18N2O. The lowest BCUT2D eigenvalue weighted by molar-refractivity contribution is -0.133. The van der Waals surface area contributed by atoms with E-state index in [1.165, 1.54) is 0 Å². The molecule has 1 aliphatic heterocycles. The molecule has 0 spiro atoms. The van der Waals surface area contributed by atoms with Gasteiger partial charge in [-0.1, -0.05) is 13.8 Å². The zero-order valence-corrected chi connectivity index (χ0v) is 8.13. The number of carbonyl (C=O) groups is 1. The summed E-state index contributed by atoms with van der Waals surface area (Å²) in [7, 11) is 0. The van der Waals surface area contributed by atoms with Crippen LogP contribution in [0.25, 0.3) is 0 Å². The standard InChI is InChI=1S/C9H18N2O/c1-7(2)8(12)11-5-4-9(3,10)6-11/h7H,4-6,10H2,1-3H3. The topological polar surface area (TPSA) is 46.3 Å². The van der Waals surface area contributed by atoms with Gasteiger partial charge in [-0.15, -0.1) is 0 Å². The minimum absolute atomic E-state index is 0.0962. The van der Waals surface area contributed by atoms with Crippen molar-refractivity contribution in [3.63, 3.8) is 0 Å². The summed E-state index contributed by atoms with van der Waals surface area (Å²) < 4.78 is 0. The zero-order valence-electron chi connectivity index (χ0n) is 8.13. The summed E-state index contributed by atoms with van der Waals surface area (Å²) >= 11 is 0. The molecule has 1 rings (SSSR count). The average molecular weight is 170 g/mol. The molecule has 3 heteroatoms. The molecule has 0 saturated carbocycles. The Kier molecular flexibility index (Phi) is 2.42. The van der Waals surface area contributed by atoms with Crippen molar-refractivity contribution in [1.82, 2.24) is 4.90 Å². The van der Waals surface area contributed by atoms with Crippen molar-refractivity contribution >= 4 is 5.91 Å². The lowest BCUT2D eigenvalue weighted by Crippen LogP contribution is -2.41. The third-order valence-electron chi connectivity index (χ3n) is 2.31. The van der Waals surface area contributed by atoms with Gasteiger partial charge in [0.2, 0.25) is 5.91 Å². The van der Waals surface area contributed by atoms with Gasteiger partial charge in [-0.2, -0.15) is 0 Å². The highest BCUT2D eigenvalue weighted by molar-refractivity contribution is 5.78. The Hall–Kier alpha value is -0.570. The molecule has 70 valence electrons. The number of nitrogens with zero attached hydrogens (tertiary/aromatic N) is 1. The number of hydrogen-bond donors (Lipinski definition) is 1. The average Bonchev–Trinajstić information content (AvgIpc) is 2.28. The second kappa shape index (κ2) is 3.05. The summed E-state index contributed by atoms with van der Waals surface area (Å²) in [4.78, 5) is 13.4. The number of likely N-dealkylation sites (tertiary alicyclic amines) is 1. The maximum atomic E-state index is 11.5. The van der Waals surface area contributed by atoms with Gasteiger partial charge in [-0.05, 0) is 13.3 Å². The Balaban J connectivity index is 2.53. The van der Waals surface area contributed by atoms with Crippen molar-refractivity contribution in [2.24, 2.45) is 11.7 Å². The van der Waals surface area contributed by atoms with Crippen LogP contribution in [0, 0.1) is 5.92 Å². The molecule has 0 aromatic heterocycles. The van der Waals surface area contributed by atoms with Gasteiger partial charge >= 0.3 is 0 Å². The van der Waals surface area contributed by atoms with Crippen molar-refractivity contribution < 1.29 is 4.79 Å². The fourth-order valence-corrected chi connectivity index (χ4v) is 1.54. The van der Waals surface area contributed by atoms with Crippen LogP contribution in [0.3, 0.4) is 0 Å². The van der Waals surface area contributed by atoms with E-state index in [0.29, 0.717) is 6.54 Å². The predicted octanol–water partition coefficient (Wildman–Crippen LogP) is 0.592. The van der Waals surface area contributed by atoms with Crippen molar-refractivity contribution in [2.75, 3.05) is 13.1 Å². The van der Waals surface area contributed by atoms with Crippen LogP contribution >= 0.6 is 0 Å². The second-order valence-electron chi connectivity index (χ2n) is 4.32. The summed E-state index contributed by atoms with van der Waals surface area (Å²) in [6.07, 6.45) is 0.922. The van der Waals surface area contributed by atoms with Crippen molar-refractivity contribution in [3.05, 3.63) is 0 Å². The Morgan fingerprint density at radius 1 is 1.58 bits per heavy atom. The molecular weight excluding hydrogens is 152 g/mol. The van der Waals surface area contributed by atoms with Crippen LogP contribution in [0.1, 0.15) is 27.2 Å². The Morgan fingerprint density at radius 3 is 2.50 bits per heavy atom. The molecule has 0 aromatic carbocycles. The monoisotopic (exact) mass is 170 g/mol. The van der Waals surface area contributed by atoms with Gasteiger partial charge in [-0.3, -0.25) is 4.79 Å². The largest absolute Gasteiger partial charge is 0.341 e. The van der Waals surface area contributed by atoms with Gasteiger partial charge in [0.25, 0.3) is 0 Å². The summed E-state index contributed by atoms with van der Waals surface area (Å²) in [5.74, 6) is 0.322. The van der Waals surface area contributed by atoms with Crippen molar-refractivity contribution in [3.8, 4) is 0 Å². The van der Waals surface area contributed by atoms with Crippen LogP contribution in [0.2, 0.25) is 0 Å². The highest BCUT2D eigenvalue weighted by Gasteiger charge is 2.33.